The van der Waals surface area contributed by atoms with Crippen LogP contribution >= 0.6 is 23.1 Å². The minimum atomic E-state index is -0.536. The second kappa shape index (κ2) is 11.4. The van der Waals surface area contributed by atoms with Crippen LogP contribution < -0.4 is 5.56 Å². The zero-order chi connectivity index (χ0) is 27.5. The standard InChI is InChI=1S/C29H24FN3O4S2/c1-17-12-22(18(2)33(17)21-10-8-20(30)9-11-21)24(34)13-37-26(35)16-38-15-25-31-28(36)27-23(14-39-29(27)32-25)19-6-4-3-5-7-19/h3-12,14H,13,15-16H2,1-2H3,(H,31,32,36). The van der Waals surface area contributed by atoms with Crippen LogP contribution in [-0.4, -0.2) is 38.6 Å². The van der Waals surface area contributed by atoms with E-state index in [1.807, 2.05) is 47.2 Å². The molecule has 5 aromatic rings. The smallest absolute Gasteiger partial charge is 0.316 e. The van der Waals surface area contributed by atoms with E-state index in [2.05, 4.69) is 9.97 Å². The number of H-pyrrole nitrogens is 1. The summed E-state index contributed by atoms with van der Waals surface area (Å²) in [6.07, 6.45) is 0. The summed E-state index contributed by atoms with van der Waals surface area (Å²) in [7, 11) is 0. The number of carbonyl (C=O) groups excluding carboxylic acids is 2. The molecule has 0 saturated heterocycles. The van der Waals surface area contributed by atoms with E-state index in [1.54, 1.807) is 25.1 Å². The van der Waals surface area contributed by atoms with Crippen LogP contribution in [0.1, 0.15) is 27.6 Å². The zero-order valence-electron chi connectivity index (χ0n) is 21.2. The van der Waals surface area contributed by atoms with Gasteiger partial charge in [-0.3, -0.25) is 14.4 Å². The molecule has 7 nitrogen and oxygen atoms in total. The molecule has 3 aromatic heterocycles. The number of esters is 1. The van der Waals surface area contributed by atoms with Gasteiger partial charge < -0.3 is 14.3 Å². The van der Waals surface area contributed by atoms with Crippen LogP contribution in [0.5, 0.6) is 0 Å². The van der Waals surface area contributed by atoms with E-state index >= 15 is 0 Å². The van der Waals surface area contributed by atoms with Crippen LogP contribution in [0.4, 0.5) is 4.39 Å². The van der Waals surface area contributed by atoms with Crippen molar-refractivity contribution in [2.75, 3.05) is 12.4 Å². The first-order valence-electron chi connectivity index (χ1n) is 12.1. The number of fused-ring (bicyclic) bond motifs is 1. The minimum Gasteiger partial charge on any atom is -0.457 e. The fourth-order valence-electron chi connectivity index (χ4n) is 4.42. The molecule has 0 saturated carbocycles. The molecule has 3 heterocycles. The molecule has 0 radical (unpaired) electrons. The Hall–Kier alpha value is -4.02. The number of carbonyl (C=O) groups is 2. The van der Waals surface area contributed by atoms with Crippen LogP contribution in [0.2, 0.25) is 0 Å². The highest BCUT2D eigenvalue weighted by Crippen LogP contribution is 2.30. The SMILES string of the molecule is Cc1cc(C(=O)COC(=O)CSCc2nc3scc(-c4ccccc4)c3c(=O)[nH]2)c(C)n1-c1ccc(F)cc1. The van der Waals surface area contributed by atoms with E-state index in [0.29, 0.717) is 33.1 Å². The van der Waals surface area contributed by atoms with Gasteiger partial charge in [-0.25, -0.2) is 9.37 Å². The summed E-state index contributed by atoms with van der Waals surface area (Å²) in [5, 5.41) is 2.47. The summed E-state index contributed by atoms with van der Waals surface area (Å²) in [5.74, 6) is -0.413. The van der Waals surface area contributed by atoms with Crippen LogP contribution in [0.25, 0.3) is 27.0 Å². The second-order valence-corrected chi connectivity index (χ2v) is 10.7. The molecule has 10 heteroatoms. The fourth-order valence-corrected chi connectivity index (χ4v) is 6.07. The number of aryl methyl sites for hydroxylation is 1. The first-order chi connectivity index (χ1) is 18.8. The average molecular weight is 562 g/mol. The third-order valence-corrected chi connectivity index (χ3v) is 8.01. The van der Waals surface area contributed by atoms with E-state index in [1.165, 1.54) is 35.2 Å². The maximum atomic E-state index is 13.3. The number of ketones is 1. The summed E-state index contributed by atoms with van der Waals surface area (Å²) in [5.41, 5.74) is 4.25. The minimum absolute atomic E-state index is 0.00331. The van der Waals surface area contributed by atoms with Gasteiger partial charge in [0.1, 0.15) is 16.5 Å². The lowest BCUT2D eigenvalue weighted by Gasteiger charge is -2.10. The molecule has 0 bridgehead atoms. The van der Waals surface area contributed by atoms with Crippen molar-refractivity contribution in [3.8, 4) is 16.8 Å². The number of thioether (sulfide) groups is 1. The molecule has 5 rings (SSSR count). The summed E-state index contributed by atoms with van der Waals surface area (Å²) in [6.45, 7) is 3.26. The molecular formula is C29H24FN3O4S2. The largest absolute Gasteiger partial charge is 0.457 e. The zero-order valence-corrected chi connectivity index (χ0v) is 22.8. The van der Waals surface area contributed by atoms with Gasteiger partial charge in [-0.15, -0.1) is 23.1 Å². The molecule has 0 amide bonds. The highest BCUT2D eigenvalue weighted by Gasteiger charge is 2.19. The molecule has 0 spiro atoms. The molecule has 0 fully saturated rings. The Labute approximate surface area is 231 Å². The van der Waals surface area contributed by atoms with E-state index in [-0.39, 0.29) is 29.5 Å². The maximum absolute atomic E-state index is 13.3. The summed E-state index contributed by atoms with van der Waals surface area (Å²) >= 11 is 2.64. The first-order valence-corrected chi connectivity index (χ1v) is 14.1. The Morgan fingerprint density at radius 2 is 1.85 bits per heavy atom. The van der Waals surface area contributed by atoms with Gasteiger partial charge in [0.2, 0.25) is 5.78 Å². The lowest BCUT2D eigenvalue weighted by atomic mass is 10.1. The summed E-state index contributed by atoms with van der Waals surface area (Å²) in [4.78, 5) is 45.9. The highest BCUT2D eigenvalue weighted by atomic mass is 32.2. The number of nitrogens with zero attached hydrogens (tertiary/aromatic N) is 2. The number of benzene rings is 2. The van der Waals surface area contributed by atoms with Gasteiger partial charge in [0.25, 0.3) is 5.56 Å². The topological polar surface area (TPSA) is 94.1 Å². The number of Topliss-reactive ketones (excluding diaryl/α,β-unsaturated/α-hetero) is 1. The third-order valence-electron chi connectivity index (χ3n) is 6.22. The average Bonchev–Trinajstić information content (AvgIpc) is 3.49. The molecule has 198 valence electrons. The van der Waals surface area contributed by atoms with E-state index in [4.69, 9.17) is 4.74 Å². The Balaban J connectivity index is 1.16. The predicted octanol–water partition coefficient (Wildman–Crippen LogP) is 5.86. The third kappa shape index (κ3) is 5.71. The number of hydrogen-bond donors (Lipinski definition) is 1. The van der Waals surface area contributed by atoms with Crippen molar-refractivity contribution in [1.82, 2.24) is 14.5 Å². The number of aromatic nitrogens is 3. The number of nitrogens with one attached hydrogen (secondary N) is 1. The van der Waals surface area contributed by atoms with Crippen molar-refractivity contribution in [1.29, 1.82) is 0 Å². The molecule has 0 aliphatic rings. The van der Waals surface area contributed by atoms with Gasteiger partial charge in [0.05, 0.1) is 16.9 Å². The van der Waals surface area contributed by atoms with E-state index in [9.17, 15) is 18.8 Å². The maximum Gasteiger partial charge on any atom is 0.316 e. The number of aromatic amines is 1. The number of hydrogen-bond acceptors (Lipinski definition) is 7. The van der Waals surface area contributed by atoms with Crippen LogP contribution in [0, 0.1) is 19.7 Å². The van der Waals surface area contributed by atoms with Gasteiger partial charge in [0.15, 0.2) is 6.61 Å². The fraction of sp³-hybridized carbons (Fsp3) is 0.172. The Morgan fingerprint density at radius 3 is 2.59 bits per heavy atom. The number of halogens is 1. The highest BCUT2D eigenvalue weighted by molar-refractivity contribution is 7.99. The lowest BCUT2D eigenvalue weighted by molar-refractivity contribution is -0.139. The van der Waals surface area contributed by atoms with Crippen molar-refractivity contribution in [3.05, 3.63) is 105 Å². The first kappa shape index (κ1) is 26.6. The van der Waals surface area contributed by atoms with Crippen LogP contribution in [-0.2, 0) is 15.3 Å². The predicted molar refractivity (Wildman–Crippen MR) is 152 cm³/mol. The van der Waals surface area contributed by atoms with Gasteiger partial charge in [0, 0.05) is 33.6 Å². The van der Waals surface area contributed by atoms with Crippen LogP contribution in [0.3, 0.4) is 0 Å². The normalized spacial score (nSPS) is 11.2. The summed E-state index contributed by atoms with van der Waals surface area (Å²) < 4.78 is 20.4. The van der Waals surface area contributed by atoms with E-state index in [0.717, 1.165) is 22.5 Å². The molecule has 39 heavy (non-hydrogen) atoms. The van der Waals surface area contributed by atoms with Crippen molar-refractivity contribution in [2.45, 2.75) is 19.6 Å². The summed E-state index contributed by atoms with van der Waals surface area (Å²) in [6, 6.07) is 17.4. The molecule has 2 aromatic carbocycles. The van der Waals surface area contributed by atoms with Gasteiger partial charge >= 0.3 is 5.97 Å². The Bertz CT molecular complexity index is 1720. The number of ether oxygens (including phenoxy) is 1. The van der Waals surface area contributed by atoms with Crippen molar-refractivity contribution >= 4 is 45.1 Å². The number of rotatable bonds is 9. The van der Waals surface area contributed by atoms with Crippen LogP contribution in [0.15, 0.2) is 70.8 Å². The molecular weight excluding hydrogens is 537 g/mol. The second-order valence-electron chi connectivity index (χ2n) is 8.88. The Morgan fingerprint density at radius 1 is 1.10 bits per heavy atom. The molecule has 1 N–H and O–H groups in total. The number of thiophene rings is 1. The quantitative estimate of drug-likeness (QED) is 0.179. The van der Waals surface area contributed by atoms with Gasteiger partial charge in [-0.1, -0.05) is 30.3 Å². The van der Waals surface area contributed by atoms with Crippen molar-refractivity contribution in [3.63, 3.8) is 0 Å². The molecule has 0 aliphatic heterocycles. The van der Waals surface area contributed by atoms with E-state index < -0.39 is 5.97 Å². The molecule has 0 aliphatic carbocycles. The van der Waals surface area contributed by atoms with Crippen molar-refractivity contribution in [2.24, 2.45) is 0 Å². The lowest BCUT2D eigenvalue weighted by Crippen LogP contribution is -2.16. The monoisotopic (exact) mass is 561 g/mol. The van der Waals surface area contributed by atoms with Crippen molar-refractivity contribution < 1.29 is 18.7 Å². The molecule has 0 atom stereocenters. The van der Waals surface area contributed by atoms with Gasteiger partial charge in [-0.2, -0.15) is 0 Å². The molecule has 0 unspecified atom stereocenters. The van der Waals surface area contributed by atoms with Gasteiger partial charge in [-0.05, 0) is 49.7 Å². The Kier molecular flexibility index (Phi) is 7.76.